The topological polar surface area (TPSA) is 12.0 Å². The van der Waals surface area contributed by atoms with E-state index in [0.29, 0.717) is 6.04 Å². The Kier molecular flexibility index (Phi) is 2.53. The molecule has 1 aliphatic carbocycles. The molecule has 0 bridgehead atoms. The Bertz CT molecular complexity index is 267. The van der Waals surface area contributed by atoms with Crippen LogP contribution in [-0.4, -0.2) is 7.05 Å². The van der Waals surface area contributed by atoms with Crippen LogP contribution in [-0.2, 0) is 0 Å². The number of hydrogen-bond acceptors (Lipinski definition) is 2. The highest BCUT2D eigenvalue weighted by molar-refractivity contribution is 9.10. The molecular formula is C9H12BrNS. The molecule has 0 amide bonds. The molecule has 0 aromatic carbocycles. The predicted octanol–water partition coefficient (Wildman–Crippen LogP) is 3.18. The predicted molar refractivity (Wildman–Crippen MR) is 56.5 cm³/mol. The molecule has 1 fully saturated rings. The minimum atomic E-state index is 0.575. The standard InChI is InChI=1S/C9H12BrNS/c1-11-9(6-2-3-6)7-4-12-5-8(7)10/h4-6,9,11H,2-3H2,1H3. The van der Waals surface area contributed by atoms with Crippen molar-refractivity contribution in [1.29, 1.82) is 0 Å². The average Bonchev–Trinajstić information content (AvgIpc) is 2.80. The molecule has 1 heterocycles. The van der Waals surface area contributed by atoms with E-state index in [1.807, 2.05) is 7.05 Å². The zero-order valence-corrected chi connectivity index (χ0v) is 9.41. The first kappa shape index (κ1) is 8.73. The summed E-state index contributed by atoms with van der Waals surface area (Å²) in [4.78, 5) is 0. The largest absolute Gasteiger partial charge is 0.313 e. The van der Waals surface area contributed by atoms with Crippen LogP contribution >= 0.6 is 27.3 Å². The first-order valence-electron chi connectivity index (χ1n) is 4.21. The third-order valence-electron chi connectivity index (χ3n) is 2.38. The van der Waals surface area contributed by atoms with Gasteiger partial charge in [-0.1, -0.05) is 0 Å². The van der Waals surface area contributed by atoms with Crippen LogP contribution in [0.1, 0.15) is 24.4 Å². The zero-order chi connectivity index (χ0) is 8.55. The second kappa shape index (κ2) is 3.48. The summed E-state index contributed by atoms with van der Waals surface area (Å²) in [5.74, 6) is 0.876. The van der Waals surface area contributed by atoms with E-state index in [0.717, 1.165) is 5.92 Å². The molecule has 0 radical (unpaired) electrons. The molecule has 1 unspecified atom stereocenters. The van der Waals surface area contributed by atoms with E-state index in [-0.39, 0.29) is 0 Å². The van der Waals surface area contributed by atoms with E-state index in [1.54, 1.807) is 11.3 Å². The maximum Gasteiger partial charge on any atom is 0.0365 e. The monoisotopic (exact) mass is 245 g/mol. The molecule has 1 saturated carbocycles. The molecule has 1 atom stereocenters. The van der Waals surface area contributed by atoms with E-state index in [4.69, 9.17) is 0 Å². The lowest BCUT2D eigenvalue weighted by atomic mass is 10.1. The van der Waals surface area contributed by atoms with E-state index >= 15 is 0 Å². The molecule has 0 aliphatic heterocycles. The van der Waals surface area contributed by atoms with Gasteiger partial charge in [-0.2, -0.15) is 11.3 Å². The summed E-state index contributed by atoms with van der Waals surface area (Å²) < 4.78 is 1.26. The van der Waals surface area contributed by atoms with Gasteiger partial charge >= 0.3 is 0 Å². The van der Waals surface area contributed by atoms with Crippen LogP contribution in [0.2, 0.25) is 0 Å². The van der Waals surface area contributed by atoms with Crippen LogP contribution in [0.4, 0.5) is 0 Å². The average molecular weight is 246 g/mol. The van der Waals surface area contributed by atoms with Gasteiger partial charge in [0, 0.05) is 15.9 Å². The minimum Gasteiger partial charge on any atom is -0.313 e. The fourth-order valence-corrected chi connectivity index (χ4v) is 3.17. The summed E-state index contributed by atoms with van der Waals surface area (Å²) in [6, 6.07) is 0.575. The van der Waals surface area contributed by atoms with Gasteiger partial charge in [0.05, 0.1) is 0 Å². The summed E-state index contributed by atoms with van der Waals surface area (Å²) in [5.41, 5.74) is 1.44. The number of halogens is 1. The molecule has 1 aromatic rings. The molecule has 1 N–H and O–H groups in total. The first-order chi connectivity index (χ1) is 5.83. The maximum absolute atomic E-state index is 3.57. The zero-order valence-electron chi connectivity index (χ0n) is 7.01. The van der Waals surface area contributed by atoms with Gasteiger partial charge < -0.3 is 5.32 Å². The molecule has 0 spiro atoms. The molecule has 12 heavy (non-hydrogen) atoms. The van der Waals surface area contributed by atoms with Crippen molar-refractivity contribution in [1.82, 2.24) is 5.32 Å². The van der Waals surface area contributed by atoms with Crippen LogP contribution < -0.4 is 5.32 Å². The van der Waals surface area contributed by atoms with Gasteiger partial charge in [-0.3, -0.25) is 0 Å². The first-order valence-corrected chi connectivity index (χ1v) is 5.95. The quantitative estimate of drug-likeness (QED) is 0.863. The smallest absolute Gasteiger partial charge is 0.0365 e. The van der Waals surface area contributed by atoms with Crippen LogP contribution in [0.15, 0.2) is 15.2 Å². The van der Waals surface area contributed by atoms with Crippen LogP contribution in [0.3, 0.4) is 0 Å². The van der Waals surface area contributed by atoms with Crippen molar-refractivity contribution >= 4 is 27.3 Å². The van der Waals surface area contributed by atoms with Crippen LogP contribution in [0.5, 0.6) is 0 Å². The van der Waals surface area contributed by atoms with Gasteiger partial charge in [0.1, 0.15) is 0 Å². The second-order valence-electron chi connectivity index (χ2n) is 3.28. The molecule has 3 heteroatoms. The fraction of sp³-hybridized carbons (Fsp3) is 0.556. The third-order valence-corrected chi connectivity index (χ3v) is 4.13. The Morgan fingerprint density at radius 1 is 1.58 bits per heavy atom. The van der Waals surface area contributed by atoms with E-state index in [9.17, 15) is 0 Å². The van der Waals surface area contributed by atoms with E-state index < -0.39 is 0 Å². The fourth-order valence-electron chi connectivity index (χ4n) is 1.59. The van der Waals surface area contributed by atoms with E-state index in [1.165, 1.54) is 22.9 Å². The summed E-state index contributed by atoms with van der Waals surface area (Å²) in [5, 5.41) is 7.78. The summed E-state index contributed by atoms with van der Waals surface area (Å²) >= 11 is 5.34. The molecule has 1 aromatic heterocycles. The number of hydrogen-bond donors (Lipinski definition) is 1. The summed E-state index contributed by atoms with van der Waals surface area (Å²) in [6.07, 6.45) is 2.77. The number of rotatable bonds is 3. The lowest BCUT2D eigenvalue weighted by Gasteiger charge is -2.14. The van der Waals surface area contributed by atoms with Crippen molar-refractivity contribution in [3.63, 3.8) is 0 Å². The molecule has 2 rings (SSSR count). The molecule has 66 valence electrons. The molecule has 1 nitrogen and oxygen atoms in total. The Balaban J connectivity index is 2.20. The van der Waals surface area contributed by atoms with Crippen molar-refractivity contribution in [2.24, 2.45) is 5.92 Å². The lowest BCUT2D eigenvalue weighted by molar-refractivity contribution is 0.528. The van der Waals surface area contributed by atoms with Gasteiger partial charge in [0.25, 0.3) is 0 Å². The Morgan fingerprint density at radius 3 is 2.75 bits per heavy atom. The highest BCUT2D eigenvalue weighted by atomic mass is 79.9. The Morgan fingerprint density at radius 2 is 2.33 bits per heavy atom. The van der Waals surface area contributed by atoms with Crippen LogP contribution in [0, 0.1) is 5.92 Å². The molecule has 0 saturated heterocycles. The maximum atomic E-state index is 3.57. The van der Waals surface area contributed by atoms with Gasteiger partial charge in [-0.15, -0.1) is 0 Å². The summed E-state index contributed by atoms with van der Waals surface area (Å²) in [6.45, 7) is 0. The van der Waals surface area contributed by atoms with Gasteiger partial charge in [0.2, 0.25) is 0 Å². The molecular weight excluding hydrogens is 234 g/mol. The second-order valence-corrected chi connectivity index (χ2v) is 4.88. The van der Waals surface area contributed by atoms with Crippen molar-refractivity contribution in [3.05, 3.63) is 20.8 Å². The Hall–Kier alpha value is 0.140. The highest BCUT2D eigenvalue weighted by Gasteiger charge is 2.32. The number of nitrogens with one attached hydrogen (secondary N) is 1. The van der Waals surface area contributed by atoms with Crippen molar-refractivity contribution in [2.75, 3.05) is 7.05 Å². The molecule has 1 aliphatic rings. The van der Waals surface area contributed by atoms with E-state index in [2.05, 4.69) is 32.0 Å². The van der Waals surface area contributed by atoms with Gasteiger partial charge in [-0.25, -0.2) is 0 Å². The Labute approximate surface area is 85.3 Å². The number of thiophene rings is 1. The SMILES string of the molecule is CNC(c1cscc1Br)C1CC1. The minimum absolute atomic E-state index is 0.575. The van der Waals surface area contributed by atoms with Crippen molar-refractivity contribution in [3.8, 4) is 0 Å². The highest BCUT2D eigenvalue weighted by Crippen LogP contribution is 2.43. The van der Waals surface area contributed by atoms with Crippen LogP contribution in [0.25, 0.3) is 0 Å². The van der Waals surface area contributed by atoms with Crippen molar-refractivity contribution in [2.45, 2.75) is 18.9 Å². The van der Waals surface area contributed by atoms with Gasteiger partial charge in [-0.05, 0) is 52.7 Å². The summed E-state index contributed by atoms with van der Waals surface area (Å²) in [7, 11) is 2.05. The van der Waals surface area contributed by atoms with Crippen molar-refractivity contribution < 1.29 is 0 Å². The third kappa shape index (κ3) is 1.58. The van der Waals surface area contributed by atoms with Gasteiger partial charge in [0.15, 0.2) is 0 Å². The lowest BCUT2D eigenvalue weighted by Crippen LogP contribution is -2.17. The normalized spacial score (nSPS) is 19.5.